The average molecular weight is 521 g/mol. The van der Waals surface area contributed by atoms with Gasteiger partial charge in [0.15, 0.2) is 15.0 Å². The Morgan fingerprint density at radius 3 is 2.76 bits per heavy atom. The van der Waals surface area contributed by atoms with Gasteiger partial charge in [0.1, 0.15) is 0 Å². The van der Waals surface area contributed by atoms with Crippen molar-refractivity contribution in [3.63, 3.8) is 0 Å². The summed E-state index contributed by atoms with van der Waals surface area (Å²) in [6.07, 6.45) is 3.39. The van der Waals surface area contributed by atoms with Crippen LogP contribution in [0.25, 0.3) is 10.2 Å². The van der Waals surface area contributed by atoms with Crippen LogP contribution in [0.3, 0.4) is 0 Å². The molecular formula is C23H25ClN4O4S2. The van der Waals surface area contributed by atoms with Crippen LogP contribution in [0.4, 0.5) is 9.93 Å². The number of benzene rings is 2. The highest BCUT2D eigenvalue weighted by molar-refractivity contribution is 7.91. The molecule has 8 nitrogen and oxygen atoms in total. The van der Waals surface area contributed by atoms with E-state index in [1.807, 2.05) is 0 Å². The summed E-state index contributed by atoms with van der Waals surface area (Å²) in [7, 11) is -3.46. The molecule has 0 bridgehead atoms. The maximum atomic E-state index is 12.9. The van der Waals surface area contributed by atoms with Crippen LogP contribution in [0.2, 0.25) is 5.02 Å². The molecule has 0 radical (unpaired) electrons. The molecule has 34 heavy (non-hydrogen) atoms. The number of rotatable bonds is 6. The van der Waals surface area contributed by atoms with Crippen molar-refractivity contribution in [2.75, 3.05) is 24.2 Å². The summed E-state index contributed by atoms with van der Waals surface area (Å²) in [6.45, 7) is 3.58. The van der Waals surface area contributed by atoms with E-state index in [1.165, 1.54) is 12.5 Å². The first kappa shape index (κ1) is 24.6. The summed E-state index contributed by atoms with van der Waals surface area (Å²) in [5, 5.41) is 5.21. The van der Waals surface area contributed by atoms with Gasteiger partial charge < -0.3 is 0 Å². The second kappa shape index (κ2) is 10.4. The largest absolute Gasteiger partial charge is 0.327 e. The van der Waals surface area contributed by atoms with Crippen LogP contribution in [0.15, 0.2) is 47.4 Å². The summed E-state index contributed by atoms with van der Waals surface area (Å²) in [4.78, 5) is 31.3. The molecular weight excluding hydrogens is 496 g/mol. The number of halogens is 1. The van der Waals surface area contributed by atoms with Gasteiger partial charge in [0, 0.05) is 12.6 Å². The standard InChI is InChI=1S/C23H25ClN4O4S2/c1-15-6-4-5-11-28(15)12-13-34(31,32)16-9-10-19-20(14-16)33-23(25-19)27-22(30)26-21(29)17-7-2-3-8-18(17)24/h2-3,7-10,14-15H,4-6,11-13H2,1H3,(H2,25,26,27,29,30). The Morgan fingerprint density at radius 2 is 2.00 bits per heavy atom. The Labute approximate surface area is 207 Å². The van der Waals surface area contributed by atoms with Crippen LogP contribution in [-0.2, 0) is 9.84 Å². The van der Waals surface area contributed by atoms with E-state index in [-0.39, 0.29) is 26.4 Å². The minimum atomic E-state index is -3.46. The van der Waals surface area contributed by atoms with Gasteiger partial charge in [-0.05, 0) is 56.6 Å². The van der Waals surface area contributed by atoms with Gasteiger partial charge >= 0.3 is 6.03 Å². The Kier molecular flexibility index (Phi) is 7.51. The van der Waals surface area contributed by atoms with Crippen LogP contribution in [0.1, 0.15) is 36.5 Å². The zero-order valence-corrected chi connectivity index (χ0v) is 21.0. The summed E-state index contributed by atoms with van der Waals surface area (Å²) >= 11 is 7.12. The number of carbonyl (C=O) groups is 2. The van der Waals surface area contributed by atoms with Gasteiger partial charge in [-0.3, -0.25) is 20.3 Å². The molecule has 0 saturated carbocycles. The van der Waals surface area contributed by atoms with Crippen molar-refractivity contribution in [3.05, 3.63) is 53.1 Å². The number of hydrogen-bond donors (Lipinski definition) is 2. The molecule has 1 unspecified atom stereocenters. The summed E-state index contributed by atoms with van der Waals surface area (Å²) < 4.78 is 26.5. The molecule has 4 rings (SSSR count). The molecule has 1 fully saturated rings. The lowest BCUT2D eigenvalue weighted by Crippen LogP contribution is -2.40. The predicted octanol–water partition coefficient (Wildman–Crippen LogP) is 4.56. The lowest BCUT2D eigenvalue weighted by molar-refractivity contribution is 0.0967. The molecule has 2 aromatic carbocycles. The number of fused-ring (bicyclic) bond motifs is 1. The first-order valence-corrected chi connectivity index (χ1v) is 13.8. The second-order valence-electron chi connectivity index (χ2n) is 8.24. The number of anilines is 1. The predicted molar refractivity (Wildman–Crippen MR) is 134 cm³/mol. The van der Waals surface area contributed by atoms with Crippen molar-refractivity contribution < 1.29 is 18.0 Å². The Bertz CT molecular complexity index is 1330. The number of amides is 3. The number of carbonyl (C=O) groups excluding carboxylic acids is 2. The third kappa shape index (κ3) is 5.75. The smallest absolute Gasteiger partial charge is 0.300 e. The Hall–Kier alpha value is -2.53. The molecule has 3 amide bonds. The molecule has 1 aliphatic heterocycles. The van der Waals surface area contributed by atoms with Crippen molar-refractivity contribution >= 4 is 60.1 Å². The maximum Gasteiger partial charge on any atom is 0.327 e. The third-order valence-corrected chi connectivity index (χ3v) is 8.83. The minimum Gasteiger partial charge on any atom is -0.300 e. The van der Waals surface area contributed by atoms with Crippen molar-refractivity contribution in [1.82, 2.24) is 15.2 Å². The highest BCUT2D eigenvalue weighted by Crippen LogP contribution is 2.29. The lowest BCUT2D eigenvalue weighted by atomic mass is 10.0. The van der Waals surface area contributed by atoms with Gasteiger partial charge in [0.05, 0.1) is 31.5 Å². The molecule has 1 aliphatic rings. The van der Waals surface area contributed by atoms with Crippen molar-refractivity contribution in [3.8, 4) is 0 Å². The van der Waals surface area contributed by atoms with Crippen molar-refractivity contribution in [1.29, 1.82) is 0 Å². The van der Waals surface area contributed by atoms with Crippen LogP contribution in [0, 0.1) is 0 Å². The van der Waals surface area contributed by atoms with Gasteiger partial charge in [-0.15, -0.1) is 0 Å². The maximum absolute atomic E-state index is 12.9. The van der Waals surface area contributed by atoms with E-state index in [4.69, 9.17) is 11.6 Å². The number of urea groups is 1. The summed E-state index contributed by atoms with van der Waals surface area (Å²) in [5.41, 5.74) is 0.735. The first-order valence-electron chi connectivity index (χ1n) is 11.0. The molecule has 2 N–H and O–H groups in total. The number of aromatic nitrogens is 1. The highest BCUT2D eigenvalue weighted by Gasteiger charge is 2.22. The molecule has 1 saturated heterocycles. The monoisotopic (exact) mass is 520 g/mol. The topological polar surface area (TPSA) is 108 Å². The van der Waals surface area contributed by atoms with Crippen molar-refractivity contribution in [2.24, 2.45) is 0 Å². The number of hydrogen-bond acceptors (Lipinski definition) is 7. The fraction of sp³-hybridized carbons (Fsp3) is 0.348. The van der Waals surface area contributed by atoms with E-state index in [1.54, 1.807) is 36.4 Å². The summed E-state index contributed by atoms with van der Waals surface area (Å²) in [6, 6.07) is 10.8. The quantitative estimate of drug-likeness (QED) is 0.493. The number of thiazole rings is 1. The van der Waals surface area contributed by atoms with Gasteiger partial charge in [-0.2, -0.15) is 0 Å². The lowest BCUT2D eigenvalue weighted by Gasteiger charge is -2.33. The van der Waals surface area contributed by atoms with E-state index in [2.05, 4.69) is 27.4 Å². The second-order valence-corrected chi connectivity index (χ2v) is 11.8. The van der Waals surface area contributed by atoms with Crippen molar-refractivity contribution in [2.45, 2.75) is 37.1 Å². The van der Waals surface area contributed by atoms with E-state index in [9.17, 15) is 18.0 Å². The number of sulfone groups is 1. The number of imide groups is 1. The van der Waals surface area contributed by atoms with E-state index < -0.39 is 21.8 Å². The van der Waals surface area contributed by atoms with Crippen LogP contribution >= 0.6 is 22.9 Å². The Balaban J connectivity index is 1.41. The Morgan fingerprint density at radius 1 is 1.21 bits per heavy atom. The molecule has 0 spiro atoms. The van der Waals surface area contributed by atoms with Gasteiger partial charge in [0.2, 0.25) is 0 Å². The SMILES string of the molecule is CC1CCCCN1CCS(=O)(=O)c1ccc2nc(NC(=O)NC(=O)c3ccccc3Cl)sc2c1. The summed E-state index contributed by atoms with van der Waals surface area (Å²) in [5.74, 6) is -0.583. The highest BCUT2D eigenvalue weighted by atomic mass is 35.5. The van der Waals surface area contributed by atoms with E-state index in [0.717, 1.165) is 30.7 Å². The fourth-order valence-corrected chi connectivity index (χ4v) is 6.42. The van der Waals surface area contributed by atoms with Gasteiger partial charge in [0.25, 0.3) is 5.91 Å². The minimum absolute atomic E-state index is 0.0549. The average Bonchev–Trinajstić information content (AvgIpc) is 3.20. The molecule has 1 aromatic heterocycles. The molecule has 180 valence electrons. The van der Waals surface area contributed by atoms with E-state index in [0.29, 0.717) is 22.8 Å². The van der Waals surface area contributed by atoms with Crippen LogP contribution < -0.4 is 10.6 Å². The first-order chi connectivity index (χ1) is 16.2. The molecule has 11 heteroatoms. The normalized spacial score (nSPS) is 16.9. The number of piperidine rings is 1. The molecule has 1 atom stereocenters. The molecule has 0 aliphatic carbocycles. The fourth-order valence-electron chi connectivity index (χ4n) is 3.94. The molecule has 2 heterocycles. The van der Waals surface area contributed by atoms with Crippen LogP contribution in [-0.4, -0.2) is 55.1 Å². The van der Waals surface area contributed by atoms with Gasteiger partial charge in [-0.1, -0.05) is 41.5 Å². The zero-order chi connectivity index (χ0) is 24.3. The zero-order valence-electron chi connectivity index (χ0n) is 18.6. The van der Waals surface area contributed by atoms with E-state index >= 15 is 0 Å². The number of nitrogens with one attached hydrogen (secondary N) is 2. The van der Waals surface area contributed by atoms with Crippen LogP contribution in [0.5, 0.6) is 0 Å². The number of likely N-dealkylation sites (tertiary alicyclic amines) is 1. The van der Waals surface area contributed by atoms with Gasteiger partial charge in [-0.25, -0.2) is 18.2 Å². The number of nitrogens with zero attached hydrogens (tertiary/aromatic N) is 2. The third-order valence-electron chi connectivity index (χ3n) is 5.87. The molecule has 3 aromatic rings.